The number of nitrogens with zero attached hydrogens (tertiary/aromatic N) is 1. The van der Waals surface area contributed by atoms with Gasteiger partial charge in [-0.15, -0.1) is 13.2 Å². The average molecular weight is 342 g/mol. The third-order valence-electron chi connectivity index (χ3n) is 2.49. The van der Waals surface area contributed by atoms with E-state index in [-0.39, 0.29) is 16.9 Å². The fraction of sp³-hybridized carbons (Fsp3) is 0.0714. The maximum absolute atomic E-state index is 12.4. The van der Waals surface area contributed by atoms with Gasteiger partial charge < -0.3 is 4.74 Å². The SMILES string of the molecule is N#Cc1ccc(-c2ccc(Br)cc2)c(OC(F)(F)F)c1. The summed E-state index contributed by atoms with van der Waals surface area (Å²) in [5.74, 6) is -0.390. The number of benzene rings is 2. The van der Waals surface area contributed by atoms with Gasteiger partial charge in [-0.25, -0.2) is 0 Å². The highest BCUT2D eigenvalue weighted by Gasteiger charge is 2.32. The lowest BCUT2D eigenvalue weighted by Crippen LogP contribution is -2.17. The summed E-state index contributed by atoms with van der Waals surface area (Å²) in [6, 6.07) is 12.5. The van der Waals surface area contributed by atoms with Crippen molar-refractivity contribution in [3.8, 4) is 22.9 Å². The number of hydrogen-bond acceptors (Lipinski definition) is 2. The van der Waals surface area contributed by atoms with E-state index >= 15 is 0 Å². The minimum atomic E-state index is -4.81. The second-order valence-corrected chi connectivity index (χ2v) is 4.79. The van der Waals surface area contributed by atoms with Crippen molar-refractivity contribution < 1.29 is 17.9 Å². The van der Waals surface area contributed by atoms with Crippen molar-refractivity contribution in [3.05, 3.63) is 52.5 Å². The van der Waals surface area contributed by atoms with Crippen LogP contribution in [-0.4, -0.2) is 6.36 Å². The highest BCUT2D eigenvalue weighted by atomic mass is 79.9. The van der Waals surface area contributed by atoms with E-state index in [2.05, 4.69) is 20.7 Å². The Hall–Kier alpha value is -2.00. The van der Waals surface area contributed by atoms with Crippen LogP contribution in [0, 0.1) is 11.3 Å². The summed E-state index contributed by atoms with van der Waals surface area (Å²) in [7, 11) is 0. The number of alkyl halides is 3. The maximum Gasteiger partial charge on any atom is 0.573 e. The Balaban J connectivity index is 2.52. The molecule has 2 rings (SSSR count). The molecule has 0 spiro atoms. The average Bonchev–Trinajstić information content (AvgIpc) is 2.38. The summed E-state index contributed by atoms with van der Waals surface area (Å²) in [5.41, 5.74) is 0.941. The molecule has 2 nitrogen and oxygen atoms in total. The lowest BCUT2D eigenvalue weighted by Gasteiger charge is -2.13. The molecule has 2 aromatic rings. The summed E-state index contributed by atoms with van der Waals surface area (Å²) in [6.07, 6.45) is -4.81. The van der Waals surface area contributed by atoms with Crippen molar-refractivity contribution in [1.29, 1.82) is 5.26 Å². The molecule has 0 unspecified atom stereocenters. The van der Waals surface area contributed by atoms with Gasteiger partial charge in [-0.1, -0.05) is 28.1 Å². The molecular formula is C14H7BrF3NO. The molecule has 20 heavy (non-hydrogen) atoms. The molecule has 0 aliphatic carbocycles. The molecule has 0 atom stereocenters. The van der Waals surface area contributed by atoms with Gasteiger partial charge in [-0.2, -0.15) is 5.26 Å². The highest BCUT2D eigenvalue weighted by Crippen LogP contribution is 2.35. The summed E-state index contributed by atoms with van der Waals surface area (Å²) >= 11 is 3.25. The topological polar surface area (TPSA) is 33.0 Å². The van der Waals surface area contributed by atoms with E-state index in [1.54, 1.807) is 30.3 Å². The van der Waals surface area contributed by atoms with Crippen LogP contribution in [0.1, 0.15) is 5.56 Å². The molecule has 0 aliphatic rings. The van der Waals surface area contributed by atoms with Crippen molar-refractivity contribution in [2.24, 2.45) is 0 Å². The van der Waals surface area contributed by atoms with Gasteiger partial charge in [0.25, 0.3) is 0 Å². The third-order valence-corrected chi connectivity index (χ3v) is 3.02. The molecule has 0 aromatic heterocycles. The Kier molecular flexibility index (Phi) is 4.00. The van der Waals surface area contributed by atoms with Crippen LogP contribution in [0.15, 0.2) is 46.9 Å². The molecule has 0 bridgehead atoms. The summed E-state index contributed by atoms with van der Waals surface area (Å²) in [4.78, 5) is 0. The van der Waals surface area contributed by atoms with Gasteiger partial charge in [0.15, 0.2) is 0 Å². The maximum atomic E-state index is 12.4. The highest BCUT2D eigenvalue weighted by molar-refractivity contribution is 9.10. The van der Waals surface area contributed by atoms with Crippen LogP contribution in [0.3, 0.4) is 0 Å². The van der Waals surface area contributed by atoms with Crippen LogP contribution in [-0.2, 0) is 0 Å². The van der Waals surface area contributed by atoms with Gasteiger partial charge >= 0.3 is 6.36 Å². The van der Waals surface area contributed by atoms with Crippen molar-refractivity contribution >= 4 is 15.9 Å². The molecule has 0 fully saturated rings. The van der Waals surface area contributed by atoms with Crippen molar-refractivity contribution in [3.63, 3.8) is 0 Å². The van der Waals surface area contributed by atoms with E-state index in [1.165, 1.54) is 12.1 Å². The summed E-state index contributed by atoms with van der Waals surface area (Å²) in [6.45, 7) is 0. The van der Waals surface area contributed by atoms with E-state index < -0.39 is 6.36 Å². The minimum absolute atomic E-state index is 0.102. The molecule has 102 valence electrons. The number of ether oxygens (including phenoxy) is 1. The molecule has 2 aromatic carbocycles. The van der Waals surface area contributed by atoms with Gasteiger partial charge in [0.2, 0.25) is 0 Å². The lowest BCUT2D eigenvalue weighted by molar-refractivity contribution is -0.274. The van der Waals surface area contributed by atoms with Gasteiger partial charge in [0.1, 0.15) is 5.75 Å². The van der Waals surface area contributed by atoms with Gasteiger partial charge in [-0.05, 0) is 35.9 Å². The van der Waals surface area contributed by atoms with Gasteiger partial charge in [0, 0.05) is 10.0 Å². The molecule has 6 heteroatoms. The monoisotopic (exact) mass is 341 g/mol. The number of rotatable bonds is 2. The first kappa shape index (κ1) is 14.4. The van der Waals surface area contributed by atoms with Gasteiger partial charge in [-0.3, -0.25) is 0 Å². The van der Waals surface area contributed by atoms with Gasteiger partial charge in [0.05, 0.1) is 11.6 Å². The third kappa shape index (κ3) is 3.52. The van der Waals surface area contributed by atoms with E-state index in [0.717, 1.165) is 10.5 Å². The van der Waals surface area contributed by atoms with Crippen LogP contribution >= 0.6 is 15.9 Å². The molecule has 0 saturated carbocycles. The molecule has 0 radical (unpaired) electrons. The zero-order chi connectivity index (χ0) is 14.8. The quantitative estimate of drug-likeness (QED) is 0.779. The predicted octanol–water partition coefficient (Wildman–Crippen LogP) is 4.89. The molecule has 0 N–H and O–H groups in total. The van der Waals surface area contributed by atoms with Crippen LogP contribution in [0.2, 0.25) is 0 Å². The Labute approximate surface area is 121 Å². The Morgan fingerprint density at radius 3 is 2.25 bits per heavy atom. The standard InChI is InChI=1S/C14H7BrF3NO/c15-11-4-2-10(3-5-11)12-6-1-9(8-19)7-13(12)20-14(16,17)18/h1-7H. The second kappa shape index (κ2) is 5.55. The van der Waals surface area contributed by atoms with Crippen LogP contribution in [0.25, 0.3) is 11.1 Å². The second-order valence-electron chi connectivity index (χ2n) is 3.88. The molecule has 0 aliphatic heterocycles. The predicted molar refractivity (Wildman–Crippen MR) is 71.0 cm³/mol. The Bertz CT molecular complexity index is 660. The first-order valence-electron chi connectivity index (χ1n) is 5.45. The number of nitriles is 1. The Morgan fingerprint density at radius 1 is 1.05 bits per heavy atom. The van der Waals surface area contributed by atoms with E-state index in [1.807, 2.05) is 0 Å². The van der Waals surface area contributed by atoms with Crippen LogP contribution < -0.4 is 4.74 Å². The number of hydrogen-bond donors (Lipinski definition) is 0. The summed E-state index contributed by atoms with van der Waals surface area (Å²) < 4.78 is 42.1. The largest absolute Gasteiger partial charge is 0.573 e. The number of halogens is 4. The first-order valence-corrected chi connectivity index (χ1v) is 6.24. The fourth-order valence-electron chi connectivity index (χ4n) is 1.67. The van der Waals surface area contributed by atoms with Crippen molar-refractivity contribution in [1.82, 2.24) is 0 Å². The minimum Gasteiger partial charge on any atom is -0.405 e. The van der Waals surface area contributed by atoms with Crippen LogP contribution in [0.5, 0.6) is 5.75 Å². The van der Waals surface area contributed by atoms with Crippen molar-refractivity contribution in [2.75, 3.05) is 0 Å². The molecule has 0 heterocycles. The fourth-order valence-corrected chi connectivity index (χ4v) is 1.93. The molecule has 0 saturated heterocycles. The van der Waals surface area contributed by atoms with Crippen molar-refractivity contribution in [2.45, 2.75) is 6.36 Å². The lowest BCUT2D eigenvalue weighted by atomic mass is 10.0. The Morgan fingerprint density at radius 2 is 1.70 bits per heavy atom. The van der Waals surface area contributed by atoms with E-state index in [4.69, 9.17) is 5.26 Å². The van der Waals surface area contributed by atoms with E-state index in [0.29, 0.717) is 5.56 Å². The first-order chi connectivity index (χ1) is 9.39. The van der Waals surface area contributed by atoms with Crippen LogP contribution in [0.4, 0.5) is 13.2 Å². The normalized spacial score (nSPS) is 10.9. The van der Waals surface area contributed by atoms with E-state index in [9.17, 15) is 13.2 Å². The summed E-state index contributed by atoms with van der Waals surface area (Å²) in [5, 5.41) is 8.77. The zero-order valence-electron chi connectivity index (χ0n) is 9.91. The molecule has 0 amide bonds. The zero-order valence-corrected chi connectivity index (χ0v) is 11.5. The smallest absolute Gasteiger partial charge is 0.405 e. The molecular weight excluding hydrogens is 335 g/mol.